The summed E-state index contributed by atoms with van der Waals surface area (Å²) in [4.78, 5) is 8.89. The van der Waals surface area contributed by atoms with Crippen LogP contribution in [0.1, 0.15) is 38.4 Å². The van der Waals surface area contributed by atoms with Crippen molar-refractivity contribution < 1.29 is 0 Å². The molecule has 0 amide bonds. The van der Waals surface area contributed by atoms with Gasteiger partial charge in [-0.25, -0.2) is 4.98 Å². The van der Waals surface area contributed by atoms with Gasteiger partial charge in [-0.05, 0) is 39.5 Å². The first-order chi connectivity index (χ1) is 10.3. The Balaban J connectivity index is 0.00000242. The van der Waals surface area contributed by atoms with Crippen LogP contribution in [0.15, 0.2) is 29.5 Å². The Morgan fingerprint density at radius 1 is 1.36 bits per heavy atom. The summed E-state index contributed by atoms with van der Waals surface area (Å²) in [6, 6.07) is 0.511. The molecule has 0 fully saturated rings. The predicted octanol–water partition coefficient (Wildman–Crippen LogP) is 2.86. The molecule has 0 spiro atoms. The fourth-order valence-corrected chi connectivity index (χ4v) is 2.47. The van der Waals surface area contributed by atoms with Gasteiger partial charge in [0.1, 0.15) is 5.82 Å². The molecule has 1 aromatic heterocycles. The molecule has 0 unspecified atom stereocenters. The molecule has 0 saturated carbocycles. The summed E-state index contributed by atoms with van der Waals surface area (Å²) in [7, 11) is 0. The lowest BCUT2D eigenvalue weighted by atomic mass is 10.2. The highest BCUT2D eigenvalue weighted by atomic mass is 127. The molecule has 1 aromatic rings. The Hall–Kier alpha value is -1.05. The van der Waals surface area contributed by atoms with Crippen molar-refractivity contribution in [1.82, 2.24) is 20.2 Å². The molecule has 0 radical (unpaired) electrons. The second-order valence-electron chi connectivity index (χ2n) is 5.42. The van der Waals surface area contributed by atoms with Crippen LogP contribution in [0.3, 0.4) is 0 Å². The third-order valence-electron chi connectivity index (χ3n) is 3.69. The van der Waals surface area contributed by atoms with Crippen molar-refractivity contribution in [3.63, 3.8) is 0 Å². The molecule has 1 aliphatic carbocycles. The molecule has 6 heteroatoms. The number of nitrogens with zero attached hydrogens (tertiary/aromatic N) is 3. The third-order valence-corrected chi connectivity index (χ3v) is 3.69. The molecular formula is C16H28IN5. The number of unbranched alkanes of at least 4 members (excludes halogenated alkanes) is 1. The van der Waals surface area contributed by atoms with Crippen LogP contribution >= 0.6 is 24.0 Å². The maximum atomic E-state index is 4.66. The second kappa shape index (κ2) is 10.6. The number of guanidine groups is 1. The zero-order valence-corrected chi connectivity index (χ0v) is 15.9. The Morgan fingerprint density at radius 2 is 2.14 bits per heavy atom. The van der Waals surface area contributed by atoms with Crippen molar-refractivity contribution in [1.29, 1.82) is 0 Å². The lowest BCUT2D eigenvalue weighted by Gasteiger charge is -2.16. The van der Waals surface area contributed by atoms with Crippen LogP contribution in [0.5, 0.6) is 0 Å². The Labute approximate surface area is 150 Å². The first kappa shape index (κ1) is 19.0. The number of rotatable bonds is 7. The van der Waals surface area contributed by atoms with Crippen molar-refractivity contribution in [2.24, 2.45) is 4.99 Å². The van der Waals surface area contributed by atoms with Crippen LogP contribution in [-0.2, 0) is 6.54 Å². The van der Waals surface area contributed by atoms with Crippen LogP contribution in [0.25, 0.3) is 0 Å². The fraction of sp³-hybridized carbons (Fsp3) is 0.625. The smallest absolute Gasteiger partial charge is 0.191 e. The van der Waals surface area contributed by atoms with Crippen LogP contribution in [0, 0.1) is 6.92 Å². The zero-order chi connectivity index (χ0) is 14.9. The molecular weight excluding hydrogens is 389 g/mol. The van der Waals surface area contributed by atoms with E-state index in [-0.39, 0.29) is 24.0 Å². The maximum Gasteiger partial charge on any atom is 0.191 e. The van der Waals surface area contributed by atoms with Gasteiger partial charge in [0.15, 0.2) is 5.96 Å². The fourth-order valence-electron chi connectivity index (χ4n) is 2.47. The van der Waals surface area contributed by atoms with Crippen molar-refractivity contribution in [2.45, 2.75) is 52.1 Å². The van der Waals surface area contributed by atoms with E-state index in [0.29, 0.717) is 6.04 Å². The minimum Gasteiger partial charge on any atom is -0.357 e. The van der Waals surface area contributed by atoms with Crippen molar-refractivity contribution in [3.05, 3.63) is 30.4 Å². The number of nitrogens with one attached hydrogen (secondary N) is 2. The van der Waals surface area contributed by atoms with E-state index in [0.717, 1.165) is 57.1 Å². The van der Waals surface area contributed by atoms with Gasteiger partial charge in [-0.3, -0.25) is 4.99 Å². The van der Waals surface area contributed by atoms with Gasteiger partial charge >= 0.3 is 0 Å². The molecule has 22 heavy (non-hydrogen) atoms. The minimum atomic E-state index is 0. The molecule has 1 aliphatic rings. The van der Waals surface area contributed by atoms with Crippen molar-refractivity contribution in [2.75, 3.05) is 13.1 Å². The van der Waals surface area contributed by atoms with E-state index in [9.17, 15) is 0 Å². The Morgan fingerprint density at radius 3 is 2.77 bits per heavy atom. The average Bonchev–Trinajstić information content (AvgIpc) is 3.11. The molecule has 0 atom stereocenters. The summed E-state index contributed by atoms with van der Waals surface area (Å²) in [6.07, 6.45) is 12.8. The highest BCUT2D eigenvalue weighted by Crippen LogP contribution is 2.08. The topological polar surface area (TPSA) is 54.2 Å². The van der Waals surface area contributed by atoms with Gasteiger partial charge in [0, 0.05) is 38.1 Å². The number of halogens is 1. The van der Waals surface area contributed by atoms with E-state index < -0.39 is 0 Å². The summed E-state index contributed by atoms with van der Waals surface area (Å²) in [5.41, 5.74) is 0. The van der Waals surface area contributed by atoms with Gasteiger partial charge < -0.3 is 15.2 Å². The maximum absolute atomic E-state index is 4.66. The summed E-state index contributed by atoms with van der Waals surface area (Å²) < 4.78 is 2.19. The van der Waals surface area contributed by atoms with Crippen LogP contribution in [0.2, 0.25) is 0 Å². The molecule has 5 nitrogen and oxygen atoms in total. The van der Waals surface area contributed by atoms with Crippen LogP contribution in [-0.4, -0.2) is 34.6 Å². The van der Waals surface area contributed by atoms with Gasteiger partial charge in [-0.1, -0.05) is 12.2 Å². The van der Waals surface area contributed by atoms with Crippen molar-refractivity contribution in [3.8, 4) is 0 Å². The van der Waals surface area contributed by atoms with Gasteiger partial charge in [0.05, 0.1) is 0 Å². The summed E-state index contributed by atoms with van der Waals surface area (Å²) in [5, 5.41) is 6.81. The third kappa shape index (κ3) is 6.37. The van der Waals surface area contributed by atoms with E-state index in [1.54, 1.807) is 0 Å². The number of aliphatic imine (C=N–C) groups is 1. The summed E-state index contributed by atoms with van der Waals surface area (Å²) in [5.74, 6) is 2.03. The molecule has 0 aliphatic heterocycles. The number of aromatic nitrogens is 2. The average molecular weight is 417 g/mol. The normalized spacial score (nSPS) is 14.9. The first-order valence-corrected chi connectivity index (χ1v) is 7.97. The first-order valence-electron chi connectivity index (χ1n) is 7.97. The van der Waals surface area contributed by atoms with Gasteiger partial charge in [-0.15, -0.1) is 24.0 Å². The van der Waals surface area contributed by atoms with Crippen molar-refractivity contribution >= 4 is 29.9 Å². The molecule has 124 valence electrons. The second-order valence-corrected chi connectivity index (χ2v) is 5.42. The molecule has 0 aromatic carbocycles. The number of hydrogen-bond acceptors (Lipinski definition) is 2. The van der Waals surface area contributed by atoms with E-state index in [4.69, 9.17) is 0 Å². The highest BCUT2D eigenvalue weighted by molar-refractivity contribution is 14.0. The van der Waals surface area contributed by atoms with E-state index >= 15 is 0 Å². The van der Waals surface area contributed by atoms with Gasteiger partial charge in [0.25, 0.3) is 0 Å². The van der Waals surface area contributed by atoms with E-state index in [1.165, 1.54) is 0 Å². The number of aryl methyl sites for hydroxylation is 2. The number of imidazole rings is 1. The summed E-state index contributed by atoms with van der Waals surface area (Å²) in [6.45, 7) is 6.94. The minimum absolute atomic E-state index is 0. The largest absolute Gasteiger partial charge is 0.357 e. The van der Waals surface area contributed by atoms with Gasteiger partial charge in [0.2, 0.25) is 0 Å². The quantitative estimate of drug-likeness (QED) is 0.236. The summed E-state index contributed by atoms with van der Waals surface area (Å²) >= 11 is 0. The van der Waals surface area contributed by atoms with Gasteiger partial charge in [-0.2, -0.15) is 0 Å². The molecule has 0 saturated heterocycles. The molecule has 1 heterocycles. The lowest BCUT2D eigenvalue weighted by molar-refractivity contribution is 0.596. The number of hydrogen-bond donors (Lipinski definition) is 2. The SMILES string of the molecule is CCNC(=NCCCCn1ccnc1C)NC1CC=CC1.I. The van der Waals surface area contributed by atoms with E-state index in [1.807, 2.05) is 19.3 Å². The lowest BCUT2D eigenvalue weighted by Crippen LogP contribution is -2.42. The predicted molar refractivity (Wildman–Crippen MR) is 103 cm³/mol. The standard InChI is InChI=1S/C16H27N5.HI/c1-3-17-16(20-15-8-4-5-9-15)19-10-6-7-12-21-13-11-18-14(21)2;/h4-5,11,13,15H,3,6-10,12H2,1-2H3,(H2,17,19,20);1H. The Kier molecular flexibility index (Phi) is 9.19. The van der Waals surface area contributed by atoms with Crippen LogP contribution < -0.4 is 10.6 Å². The monoisotopic (exact) mass is 417 g/mol. The zero-order valence-electron chi connectivity index (χ0n) is 13.6. The highest BCUT2D eigenvalue weighted by Gasteiger charge is 2.11. The van der Waals surface area contributed by atoms with E-state index in [2.05, 4.69) is 44.3 Å². The molecule has 2 N–H and O–H groups in total. The van der Waals surface area contributed by atoms with Crippen LogP contribution in [0.4, 0.5) is 0 Å². The Bertz CT molecular complexity index is 473. The molecule has 2 rings (SSSR count). The molecule has 0 bridgehead atoms.